The zero-order valence-electron chi connectivity index (χ0n) is 10.4. The van der Waals surface area contributed by atoms with Gasteiger partial charge in [-0.1, -0.05) is 5.21 Å². The van der Waals surface area contributed by atoms with Crippen molar-refractivity contribution in [2.24, 2.45) is 0 Å². The Morgan fingerprint density at radius 1 is 1.06 bits per heavy atom. The second-order valence-corrected chi connectivity index (χ2v) is 3.47. The summed E-state index contributed by atoms with van der Waals surface area (Å²) in [7, 11) is 4.65. The Hall–Kier alpha value is -2.44. The van der Waals surface area contributed by atoms with E-state index >= 15 is 0 Å². The number of nitrogens with two attached hydrogens (primary N) is 1. The molecule has 96 valence electrons. The summed E-state index contributed by atoms with van der Waals surface area (Å²) in [6.45, 7) is 0. The van der Waals surface area contributed by atoms with Crippen LogP contribution in [0.1, 0.15) is 0 Å². The molecule has 0 unspecified atom stereocenters. The average Bonchev–Trinajstić information content (AvgIpc) is 2.83. The van der Waals surface area contributed by atoms with E-state index in [9.17, 15) is 0 Å². The summed E-state index contributed by atoms with van der Waals surface area (Å²) in [6.07, 6.45) is 1.60. The number of nitrogen functional groups attached to an aromatic ring is 1. The van der Waals surface area contributed by atoms with Crippen LogP contribution in [-0.2, 0) is 0 Å². The number of hydrogen-bond acceptors (Lipinski definition) is 6. The van der Waals surface area contributed by atoms with Crippen LogP contribution in [0, 0.1) is 0 Å². The third-order valence-electron chi connectivity index (χ3n) is 2.43. The molecular weight excluding hydrogens is 236 g/mol. The smallest absolute Gasteiger partial charge is 0.203 e. The Bertz CT molecular complexity index is 528. The van der Waals surface area contributed by atoms with E-state index in [2.05, 4.69) is 10.3 Å². The van der Waals surface area contributed by atoms with Gasteiger partial charge in [0.2, 0.25) is 5.75 Å². The van der Waals surface area contributed by atoms with Crippen molar-refractivity contribution in [3.8, 4) is 22.9 Å². The van der Waals surface area contributed by atoms with Crippen LogP contribution in [0.2, 0.25) is 0 Å². The maximum absolute atomic E-state index is 5.53. The van der Waals surface area contributed by atoms with Gasteiger partial charge in [-0.05, 0) is 0 Å². The maximum atomic E-state index is 5.53. The van der Waals surface area contributed by atoms with Crippen molar-refractivity contribution in [1.82, 2.24) is 15.0 Å². The number of aromatic nitrogens is 3. The SMILES string of the molecule is COc1cc(-n2cc(N)nn2)cc(OC)c1OC. The Kier molecular flexibility index (Phi) is 3.22. The van der Waals surface area contributed by atoms with Gasteiger partial charge in [0.05, 0.1) is 33.2 Å². The van der Waals surface area contributed by atoms with Crippen LogP contribution < -0.4 is 19.9 Å². The molecule has 7 heteroatoms. The number of anilines is 1. The summed E-state index contributed by atoms with van der Waals surface area (Å²) < 4.78 is 17.3. The molecule has 0 aliphatic heterocycles. The van der Waals surface area contributed by atoms with Gasteiger partial charge < -0.3 is 19.9 Å². The lowest BCUT2D eigenvalue weighted by atomic mass is 10.2. The van der Waals surface area contributed by atoms with E-state index in [4.69, 9.17) is 19.9 Å². The molecule has 0 spiro atoms. The maximum Gasteiger partial charge on any atom is 0.203 e. The highest BCUT2D eigenvalue weighted by Gasteiger charge is 2.14. The van der Waals surface area contributed by atoms with Gasteiger partial charge in [-0.15, -0.1) is 5.10 Å². The highest BCUT2D eigenvalue weighted by atomic mass is 16.5. The monoisotopic (exact) mass is 250 g/mol. The topological polar surface area (TPSA) is 84.4 Å². The van der Waals surface area contributed by atoms with Crippen molar-refractivity contribution in [3.05, 3.63) is 18.3 Å². The third kappa shape index (κ3) is 2.02. The molecule has 7 nitrogen and oxygen atoms in total. The molecule has 18 heavy (non-hydrogen) atoms. The van der Waals surface area contributed by atoms with Gasteiger partial charge in [-0.3, -0.25) is 0 Å². The summed E-state index contributed by atoms with van der Waals surface area (Å²) in [5.41, 5.74) is 6.25. The Morgan fingerprint density at radius 3 is 2.06 bits per heavy atom. The fourth-order valence-electron chi connectivity index (χ4n) is 1.60. The van der Waals surface area contributed by atoms with Crippen LogP contribution in [0.5, 0.6) is 17.2 Å². The minimum absolute atomic E-state index is 0.337. The Balaban J connectivity index is 2.56. The van der Waals surface area contributed by atoms with E-state index in [0.29, 0.717) is 28.8 Å². The lowest BCUT2D eigenvalue weighted by Gasteiger charge is -2.13. The molecule has 0 saturated carbocycles. The Morgan fingerprint density at radius 2 is 1.67 bits per heavy atom. The van der Waals surface area contributed by atoms with Crippen LogP contribution >= 0.6 is 0 Å². The number of methoxy groups -OCH3 is 3. The molecule has 1 heterocycles. The fraction of sp³-hybridized carbons (Fsp3) is 0.273. The van der Waals surface area contributed by atoms with Crippen molar-refractivity contribution in [3.63, 3.8) is 0 Å². The minimum Gasteiger partial charge on any atom is -0.493 e. The van der Waals surface area contributed by atoms with Gasteiger partial charge >= 0.3 is 0 Å². The predicted octanol–water partition coefficient (Wildman–Crippen LogP) is 0.875. The van der Waals surface area contributed by atoms with Crippen LogP contribution in [-0.4, -0.2) is 36.3 Å². The van der Waals surface area contributed by atoms with E-state index in [0.717, 1.165) is 0 Å². The fourth-order valence-corrected chi connectivity index (χ4v) is 1.60. The zero-order chi connectivity index (χ0) is 13.1. The highest BCUT2D eigenvalue weighted by molar-refractivity contribution is 5.58. The standard InChI is InChI=1S/C11H14N4O3/c1-16-8-4-7(15-6-10(12)13-14-15)5-9(17-2)11(8)18-3/h4-6H,12H2,1-3H3. The van der Waals surface area contributed by atoms with E-state index in [1.807, 2.05) is 0 Å². The number of benzene rings is 1. The van der Waals surface area contributed by atoms with Crippen molar-refractivity contribution in [1.29, 1.82) is 0 Å². The van der Waals surface area contributed by atoms with E-state index < -0.39 is 0 Å². The van der Waals surface area contributed by atoms with Gasteiger partial charge in [-0.25, -0.2) is 4.68 Å². The van der Waals surface area contributed by atoms with Crippen LogP contribution in [0.4, 0.5) is 5.82 Å². The second kappa shape index (κ2) is 4.82. The van der Waals surface area contributed by atoms with Gasteiger partial charge in [0.1, 0.15) is 0 Å². The number of ether oxygens (including phenoxy) is 3. The lowest BCUT2D eigenvalue weighted by molar-refractivity contribution is 0.324. The summed E-state index contributed by atoms with van der Waals surface area (Å²) in [4.78, 5) is 0. The van der Waals surface area contributed by atoms with E-state index in [-0.39, 0.29) is 0 Å². The summed E-state index contributed by atoms with van der Waals surface area (Å²) >= 11 is 0. The number of nitrogens with zero attached hydrogens (tertiary/aromatic N) is 3. The molecule has 0 aliphatic rings. The molecule has 2 aromatic rings. The van der Waals surface area contributed by atoms with Crippen LogP contribution in [0.3, 0.4) is 0 Å². The van der Waals surface area contributed by atoms with Crippen molar-refractivity contribution in [2.45, 2.75) is 0 Å². The normalized spacial score (nSPS) is 10.2. The van der Waals surface area contributed by atoms with E-state index in [1.54, 1.807) is 39.7 Å². The first-order valence-electron chi connectivity index (χ1n) is 5.17. The van der Waals surface area contributed by atoms with Gasteiger partial charge in [0.15, 0.2) is 17.3 Å². The molecular formula is C11H14N4O3. The molecule has 0 atom stereocenters. The van der Waals surface area contributed by atoms with Crippen molar-refractivity contribution >= 4 is 5.82 Å². The van der Waals surface area contributed by atoms with Gasteiger partial charge in [-0.2, -0.15) is 0 Å². The van der Waals surface area contributed by atoms with E-state index in [1.165, 1.54) is 4.68 Å². The molecule has 0 aliphatic carbocycles. The summed E-state index contributed by atoms with van der Waals surface area (Å²) in [6, 6.07) is 3.52. The molecule has 0 radical (unpaired) electrons. The molecule has 0 saturated heterocycles. The third-order valence-corrected chi connectivity index (χ3v) is 2.43. The molecule has 0 fully saturated rings. The molecule has 2 rings (SSSR count). The Labute approximate surface area is 104 Å². The summed E-state index contributed by atoms with van der Waals surface area (Å²) in [5.74, 6) is 1.95. The van der Waals surface area contributed by atoms with Gasteiger partial charge in [0, 0.05) is 12.1 Å². The zero-order valence-corrected chi connectivity index (χ0v) is 10.4. The van der Waals surface area contributed by atoms with Crippen molar-refractivity contribution in [2.75, 3.05) is 27.1 Å². The summed E-state index contributed by atoms with van der Waals surface area (Å²) in [5, 5.41) is 7.61. The largest absolute Gasteiger partial charge is 0.493 e. The molecule has 0 bridgehead atoms. The number of rotatable bonds is 4. The number of hydrogen-bond donors (Lipinski definition) is 1. The molecule has 0 amide bonds. The molecule has 1 aromatic heterocycles. The van der Waals surface area contributed by atoms with Crippen molar-refractivity contribution < 1.29 is 14.2 Å². The average molecular weight is 250 g/mol. The minimum atomic E-state index is 0.337. The first-order valence-corrected chi connectivity index (χ1v) is 5.17. The first kappa shape index (κ1) is 12.0. The second-order valence-electron chi connectivity index (χ2n) is 3.47. The quantitative estimate of drug-likeness (QED) is 0.866. The molecule has 1 aromatic carbocycles. The van der Waals surface area contributed by atoms with Gasteiger partial charge in [0.25, 0.3) is 0 Å². The highest BCUT2D eigenvalue weighted by Crippen LogP contribution is 2.39. The predicted molar refractivity (Wildman–Crippen MR) is 65.4 cm³/mol. The van der Waals surface area contributed by atoms with Crippen LogP contribution in [0.15, 0.2) is 18.3 Å². The first-order chi connectivity index (χ1) is 8.69. The molecule has 2 N–H and O–H groups in total. The van der Waals surface area contributed by atoms with Crippen LogP contribution in [0.25, 0.3) is 5.69 Å². The lowest BCUT2D eigenvalue weighted by Crippen LogP contribution is -2.00.